The summed E-state index contributed by atoms with van der Waals surface area (Å²) in [4.78, 5) is 13.3. The average molecular weight is 292 g/mol. The van der Waals surface area contributed by atoms with Crippen LogP contribution >= 0.6 is 0 Å². The smallest absolute Gasteiger partial charge is 0.220 e. The van der Waals surface area contributed by atoms with Crippen LogP contribution in [-0.4, -0.2) is 48.3 Å². The largest absolute Gasteiger partial charge is 0.491 e. The number of nitrogens with two attached hydrogens (primary N) is 1. The van der Waals surface area contributed by atoms with Gasteiger partial charge in [-0.15, -0.1) is 0 Å². The van der Waals surface area contributed by atoms with Gasteiger partial charge in [-0.2, -0.15) is 0 Å². The molecule has 0 spiro atoms. The number of rotatable bonds is 6. The summed E-state index contributed by atoms with van der Waals surface area (Å²) in [6.45, 7) is 4.43. The molecule has 1 saturated heterocycles. The lowest BCUT2D eigenvalue weighted by Crippen LogP contribution is -2.43. The molecule has 116 valence electrons. The molecule has 1 aromatic rings. The maximum atomic E-state index is 11.1. The first-order valence-corrected chi connectivity index (χ1v) is 7.44. The summed E-state index contributed by atoms with van der Waals surface area (Å²) >= 11 is 0. The zero-order chi connectivity index (χ0) is 15.2. The van der Waals surface area contributed by atoms with Crippen LogP contribution in [0.1, 0.15) is 18.4 Å². The van der Waals surface area contributed by atoms with Crippen LogP contribution in [0, 0.1) is 12.8 Å². The molecule has 0 bridgehead atoms. The average Bonchev–Trinajstić information content (AvgIpc) is 2.47. The van der Waals surface area contributed by atoms with Gasteiger partial charge in [0.2, 0.25) is 5.91 Å². The molecule has 1 amide bonds. The van der Waals surface area contributed by atoms with Crippen molar-refractivity contribution in [2.45, 2.75) is 25.9 Å². The van der Waals surface area contributed by atoms with E-state index in [4.69, 9.17) is 10.5 Å². The lowest BCUT2D eigenvalue weighted by Gasteiger charge is -2.31. The van der Waals surface area contributed by atoms with E-state index in [9.17, 15) is 9.90 Å². The molecule has 5 nitrogen and oxygen atoms in total. The predicted molar refractivity (Wildman–Crippen MR) is 81.0 cm³/mol. The van der Waals surface area contributed by atoms with Crippen LogP contribution < -0.4 is 10.5 Å². The van der Waals surface area contributed by atoms with Crippen molar-refractivity contribution in [1.82, 2.24) is 4.90 Å². The molecule has 1 aliphatic heterocycles. The Morgan fingerprint density at radius 2 is 2.10 bits per heavy atom. The molecule has 0 aromatic heterocycles. The summed E-state index contributed by atoms with van der Waals surface area (Å²) < 4.78 is 5.65. The Morgan fingerprint density at radius 1 is 1.43 bits per heavy atom. The third-order valence-electron chi connectivity index (χ3n) is 3.98. The van der Waals surface area contributed by atoms with Crippen molar-refractivity contribution in [1.29, 1.82) is 0 Å². The number of carbonyl (C=O) groups excluding carboxylic acids is 1. The van der Waals surface area contributed by atoms with Gasteiger partial charge in [-0.25, -0.2) is 0 Å². The van der Waals surface area contributed by atoms with Crippen LogP contribution in [-0.2, 0) is 4.79 Å². The number of ether oxygens (including phenoxy) is 1. The second-order valence-corrected chi connectivity index (χ2v) is 5.71. The lowest BCUT2D eigenvalue weighted by atomic mass is 9.96. The number of amides is 1. The molecule has 1 heterocycles. The molecular formula is C16H24N2O3. The summed E-state index contributed by atoms with van der Waals surface area (Å²) in [7, 11) is 0. The standard InChI is InChI=1S/C16H24N2O3/c1-12-4-2-3-5-15(12)21-11-14(19)10-18-8-6-13(7-9-18)16(17)20/h2-5,13-14,19H,6-11H2,1H3,(H2,17,20). The molecule has 21 heavy (non-hydrogen) atoms. The van der Waals surface area contributed by atoms with E-state index in [1.807, 2.05) is 31.2 Å². The fourth-order valence-corrected chi connectivity index (χ4v) is 2.66. The number of primary amides is 1. The Labute approximate surface area is 125 Å². The minimum Gasteiger partial charge on any atom is -0.491 e. The van der Waals surface area contributed by atoms with Gasteiger partial charge in [0.15, 0.2) is 0 Å². The van der Waals surface area contributed by atoms with E-state index in [0.717, 1.165) is 37.2 Å². The van der Waals surface area contributed by atoms with Gasteiger partial charge in [0.25, 0.3) is 0 Å². The van der Waals surface area contributed by atoms with E-state index < -0.39 is 6.10 Å². The fraction of sp³-hybridized carbons (Fsp3) is 0.562. The first kappa shape index (κ1) is 15.8. The summed E-state index contributed by atoms with van der Waals surface area (Å²) in [6, 6.07) is 7.77. The SMILES string of the molecule is Cc1ccccc1OCC(O)CN1CCC(C(N)=O)CC1. The van der Waals surface area contributed by atoms with Gasteiger partial charge in [0, 0.05) is 12.5 Å². The third-order valence-corrected chi connectivity index (χ3v) is 3.98. The molecular weight excluding hydrogens is 268 g/mol. The van der Waals surface area contributed by atoms with Crippen molar-refractivity contribution >= 4 is 5.91 Å². The van der Waals surface area contributed by atoms with Crippen molar-refractivity contribution in [2.75, 3.05) is 26.2 Å². The second kappa shape index (κ2) is 7.43. The number of β-amino-alcohol motifs (C(OH)–C–C–N with tert-alkyl or cyclic N) is 1. The van der Waals surface area contributed by atoms with Gasteiger partial charge in [0.1, 0.15) is 18.5 Å². The van der Waals surface area contributed by atoms with Crippen LogP contribution in [0.5, 0.6) is 5.75 Å². The number of para-hydroxylation sites is 1. The number of nitrogens with zero attached hydrogens (tertiary/aromatic N) is 1. The van der Waals surface area contributed by atoms with Crippen molar-refractivity contribution in [2.24, 2.45) is 11.7 Å². The summed E-state index contributed by atoms with van der Waals surface area (Å²) in [6.07, 6.45) is 1.02. The van der Waals surface area contributed by atoms with E-state index in [0.29, 0.717) is 6.54 Å². The number of hydrogen-bond donors (Lipinski definition) is 2. The van der Waals surface area contributed by atoms with E-state index in [2.05, 4.69) is 4.90 Å². The lowest BCUT2D eigenvalue weighted by molar-refractivity contribution is -0.123. The monoisotopic (exact) mass is 292 g/mol. The first-order valence-electron chi connectivity index (χ1n) is 7.44. The highest BCUT2D eigenvalue weighted by Crippen LogP contribution is 2.18. The van der Waals surface area contributed by atoms with Gasteiger partial charge >= 0.3 is 0 Å². The maximum Gasteiger partial charge on any atom is 0.220 e. The maximum absolute atomic E-state index is 11.1. The zero-order valence-corrected chi connectivity index (χ0v) is 12.5. The number of hydrogen-bond acceptors (Lipinski definition) is 4. The number of carbonyl (C=O) groups is 1. The zero-order valence-electron chi connectivity index (χ0n) is 12.5. The van der Waals surface area contributed by atoms with Gasteiger partial charge in [-0.05, 0) is 44.5 Å². The number of aliphatic hydroxyl groups is 1. The van der Waals surface area contributed by atoms with Crippen molar-refractivity contribution in [3.8, 4) is 5.75 Å². The third kappa shape index (κ3) is 4.72. The Kier molecular flexibility index (Phi) is 5.59. The van der Waals surface area contributed by atoms with E-state index in [1.54, 1.807) is 0 Å². The second-order valence-electron chi connectivity index (χ2n) is 5.71. The molecule has 0 aliphatic carbocycles. The van der Waals surface area contributed by atoms with Crippen LogP contribution in [0.2, 0.25) is 0 Å². The minimum atomic E-state index is -0.533. The van der Waals surface area contributed by atoms with E-state index in [-0.39, 0.29) is 18.4 Å². The molecule has 2 rings (SSSR count). The minimum absolute atomic E-state index is 0.0124. The molecule has 0 radical (unpaired) electrons. The molecule has 1 aliphatic rings. The Bertz CT molecular complexity index is 470. The molecule has 3 N–H and O–H groups in total. The quantitative estimate of drug-likeness (QED) is 0.818. The Balaban J connectivity index is 1.72. The summed E-state index contributed by atoms with van der Waals surface area (Å²) in [5.41, 5.74) is 6.38. The molecule has 1 unspecified atom stereocenters. The number of aryl methyl sites for hydroxylation is 1. The van der Waals surface area contributed by atoms with Crippen LogP contribution in [0.15, 0.2) is 24.3 Å². The van der Waals surface area contributed by atoms with Crippen LogP contribution in [0.25, 0.3) is 0 Å². The van der Waals surface area contributed by atoms with Crippen LogP contribution in [0.3, 0.4) is 0 Å². The molecule has 1 aromatic carbocycles. The van der Waals surface area contributed by atoms with Crippen molar-refractivity contribution < 1.29 is 14.6 Å². The molecule has 5 heteroatoms. The van der Waals surface area contributed by atoms with Gasteiger partial charge in [-0.3, -0.25) is 4.79 Å². The van der Waals surface area contributed by atoms with Gasteiger partial charge in [-0.1, -0.05) is 18.2 Å². The fourth-order valence-electron chi connectivity index (χ4n) is 2.66. The Hall–Kier alpha value is -1.59. The topological polar surface area (TPSA) is 75.8 Å². The molecule has 1 atom stereocenters. The first-order chi connectivity index (χ1) is 10.1. The molecule has 0 saturated carbocycles. The van der Waals surface area contributed by atoms with E-state index in [1.165, 1.54) is 0 Å². The highest BCUT2D eigenvalue weighted by atomic mass is 16.5. The number of benzene rings is 1. The van der Waals surface area contributed by atoms with Gasteiger partial charge < -0.3 is 20.5 Å². The normalized spacial score (nSPS) is 18.4. The summed E-state index contributed by atoms with van der Waals surface area (Å²) in [5, 5.41) is 10.1. The molecule has 1 fully saturated rings. The summed E-state index contributed by atoms with van der Waals surface area (Å²) in [5.74, 6) is 0.587. The van der Waals surface area contributed by atoms with Crippen molar-refractivity contribution in [3.63, 3.8) is 0 Å². The highest BCUT2D eigenvalue weighted by molar-refractivity contribution is 5.76. The number of piperidine rings is 1. The van der Waals surface area contributed by atoms with Gasteiger partial charge in [0.05, 0.1) is 0 Å². The van der Waals surface area contributed by atoms with Crippen LogP contribution in [0.4, 0.5) is 0 Å². The number of likely N-dealkylation sites (tertiary alicyclic amines) is 1. The van der Waals surface area contributed by atoms with Crippen molar-refractivity contribution in [3.05, 3.63) is 29.8 Å². The predicted octanol–water partition coefficient (Wildman–Crippen LogP) is 0.932. The number of aliphatic hydroxyl groups excluding tert-OH is 1. The highest BCUT2D eigenvalue weighted by Gasteiger charge is 2.24. The Morgan fingerprint density at radius 3 is 2.71 bits per heavy atom. The van der Waals surface area contributed by atoms with E-state index >= 15 is 0 Å².